The Kier molecular flexibility index (Phi) is 4.93. The maximum atomic E-state index is 12.0. The van der Waals surface area contributed by atoms with Crippen LogP contribution in [0.15, 0.2) is 30.3 Å². The Morgan fingerprint density at radius 3 is 2.79 bits per heavy atom. The highest BCUT2D eigenvalue weighted by Crippen LogP contribution is 2.23. The molecule has 2 rings (SSSR count). The summed E-state index contributed by atoms with van der Waals surface area (Å²) in [5, 5.41) is 1.76. The number of benzene rings is 1. The van der Waals surface area contributed by atoms with E-state index in [0.29, 0.717) is 24.0 Å². The topological polar surface area (TPSA) is 38.8 Å². The molecule has 0 saturated carbocycles. The molecule has 1 heterocycles. The lowest BCUT2D eigenvalue weighted by atomic mass is 9.88. The summed E-state index contributed by atoms with van der Waals surface area (Å²) in [5.74, 6) is 0.736. The maximum Gasteiger partial charge on any atom is 0.357 e. The average molecular weight is 263 g/mol. The molecule has 1 fully saturated rings. The first kappa shape index (κ1) is 14.0. The molecule has 0 bridgehead atoms. The van der Waals surface area contributed by atoms with Crippen molar-refractivity contribution in [1.29, 1.82) is 0 Å². The first-order valence-electron chi connectivity index (χ1n) is 6.72. The van der Waals surface area contributed by atoms with Gasteiger partial charge in [0.25, 0.3) is 0 Å². The summed E-state index contributed by atoms with van der Waals surface area (Å²) in [6.45, 7) is 4.47. The number of rotatable bonds is 4. The molecule has 0 N–H and O–H groups in total. The number of ether oxygens (including phenoxy) is 1. The van der Waals surface area contributed by atoms with E-state index in [1.165, 1.54) is 0 Å². The van der Waals surface area contributed by atoms with E-state index in [0.717, 1.165) is 19.5 Å². The normalized spacial score (nSPS) is 24.1. The molecule has 1 aliphatic heterocycles. The van der Waals surface area contributed by atoms with Gasteiger partial charge in [-0.05, 0) is 24.5 Å². The predicted molar refractivity (Wildman–Crippen MR) is 72.6 cm³/mol. The summed E-state index contributed by atoms with van der Waals surface area (Å²) in [4.78, 5) is 17.4. The van der Waals surface area contributed by atoms with Gasteiger partial charge in [-0.1, -0.05) is 25.1 Å². The number of carbonyl (C=O) groups is 1. The van der Waals surface area contributed by atoms with E-state index >= 15 is 0 Å². The summed E-state index contributed by atoms with van der Waals surface area (Å²) < 4.78 is 5.22. The fraction of sp³-hybridized carbons (Fsp3) is 0.533. The zero-order valence-electron chi connectivity index (χ0n) is 11.5. The molecule has 1 aromatic carbocycles. The Hall–Kier alpha value is -1.39. The van der Waals surface area contributed by atoms with Crippen LogP contribution >= 0.6 is 0 Å². The summed E-state index contributed by atoms with van der Waals surface area (Å²) in [7, 11) is 1.71. The maximum absolute atomic E-state index is 12.0. The summed E-state index contributed by atoms with van der Waals surface area (Å²) >= 11 is 0. The van der Waals surface area contributed by atoms with E-state index in [-0.39, 0.29) is 5.97 Å². The molecule has 0 aromatic heterocycles. The van der Waals surface area contributed by atoms with Gasteiger partial charge >= 0.3 is 5.97 Å². The van der Waals surface area contributed by atoms with E-state index in [2.05, 4.69) is 6.92 Å². The quantitative estimate of drug-likeness (QED) is 0.836. The summed E-state index contributed by atoms with van der Waals surface area (Å²) in [6.07, 6.45) is 1.02. The molecule has 19 heavy (non-hydrogen) atoms. The molecule has 4 heteroatoms. The number of methoxy groups -OCH3 is 1. The van der Waals surface area contributed by atoms with Crippen LogP contribution in [0.4, 0.5) is 0 Å². The molecule has 4 nitrogen and oxygen atoms in total. The Balaban J connectivity index is 1.91. The smallest absolute Gasteiger partial charge is 0.357 e. The van der Waals surface area contributed by atoms with Crippen LogP contribution in [0.25, 0.3) is 0 Å². The second kappa shape index (κ2) is 6.68. The van der Waals surface area contributed by atoms with Crippen LogP contribution in [-0.2, 0) is 9.57 Å². The van der Waals surface area contributed by atoms with E-state index in [4.69, 9.17) is 9.57 Å². The highest BCUT2D eigenvalue weighted by molar-refractivity contribution is 5.89. The second-order valence-electron chi connectivity index (χ2n) is 5.11. The van der Waals surface area contributed by atoms with Crippen molar-refractivity contribution in [1.82, 2.24) is 5.06 Å². The zero-order chi connectivity index (χ0) is 13.7. The van der Waals surface area contributed by atoms with Crippen LogP contribution in [0.3, 0.4) is 0 Å². The lowest BCUT2D eigenvalue weighted by Gasteiger charge is -2.35. The molecule has 104 valence electrons. The number of hydrogen-bond acceptors (Lipinski definition) is 4. The third-order valence-corrected chi connectivity index (χ3v) is 3.68. The Morgan fingerprint density at radius 1 is 1.37 bits per heavy atom. The summed E-state index contributed by atoms with van der Waals surface area (Å²) in [5.41, 5.74) is 0.587. The van der Waals surface area contributed by atoms with E-state index < -0.39 is 0 Å². The monoisotopic (exact) mass is 263 g/mol. The summed E-state index contributed by atoms with van der Waals surface area (Å²) in [6, 6.07) is 9.09. The Bertz CT molecular complexity index is 407. The Morgan fingerprint density at radius 2 is 2.11 bits per heavy atom. The first-order chi connectivity index (χ1) is 9.20. The number of nitrogens with zero attached hydrogens (tertiary/aromatic N) is 1. The SMILES string of the molecule is COCC1CN(OC(=O)c2ccccc2)CCC1C. The lowest BCUT2D eigenvalue weighted by molar-refractivity contribution is -0.144. The Labute approximate surface area is 114 Å². The van der Waals surface area contributed by atoms with Crippen LogP contribution in [0.1, 0.15) is 23.7 Å². The van der Waals surface area contributed by atoms with Gasteiger partial charge in [0.15, 0.2) is 0 Å². The third-order valence-electron chi connectivity index (χ3n) is 3.68. The molecule has 1 aromatic rings. The molecule has 0 amide bonds. The van der Waals surface area contributed by atoms with Crippen molar-refractivity contribution in [3.8, 4) is 0 Å². The van der Waals surface area contributed by atoms with Crippen LogP contribution in [0.5, 0.6) is 0 Å². The minimum Gasteiger partial charge on any atom is -0.384 e. The van der Waals surface area contributed by atoms with Gasteiger partial charge in [0.1, 0.15) is 0 Å². The fourth-order valence-corrected chi connectivity index (χ4v) is 2.37. The van der Waals surface area contributed by atoms with Gasteiger partial charge in [-0.15, -0.1) is 5.06 Å². The minimum absolute atomic E-state index is 0.286. The largest absolute Gasteiger partial charge is 0.384 e. The minimum atomic E-state index is -0.286. The standard InChI is InChI=1S/C15H21NO3/c1-12-8-9-16(10-14(12)11-18-2)19-15(17)13-6-4-3-5-7-13/h3-7,12,14H,8-11H2,1-2H3. The lowest BCUT2D eigenvalue weighted by Crippen LogP contribution is -2.42. The van der Waals surface area contributed by atoms with Crippen molar-refractivity contribution in [2.75, 3.05) is 26.8 Å². The highest BCUT2D eigenvalue weighted by Gasteiger charge is 2.28. The number of piperidine rings is 1. The van der Waals surface area contributed by atoms with E-state index in [9.17, 15) is 4.79 Å². The van der Waals surface area contributed by atoms with Gasteiger partial charge in [-0.3, -0.25) is 0 Å². The fourth-order valence-electron chi connectivity index (χ4n) is 2.37. The molecule has 1 saturated heterocycles. The number of hydrogen-bond donors (Lipinski definition) is 0. The zero-order valence-corrected chi connectivity index (χ0v) is 11.5. The number of carbonyl (C=O) groups excluding carboxylic acids is 1. The predicted octanol–water partition coefficient (Wildman–Crippen LogP) is 2.36. The second-order valence-corrected chi connectivity index (χ2v) is 5.11. The van der Waals surface area contributed by atoms with Crippen molar-refractivity contribution < 1.29 is 14.4 Å². The van der Waals surface area contributed by atoms with Gasteiger partial charge < -0.3 is 9.57 Å². The highest BCUT2D eigenvalue weighted by atomic mass is 16.7. The first-order valence-corrected chi connectivity index (χ1v) is 6.72. The van der Waals surface area contributed by atoms with Gasteiger partial charge in [0, 0.05) is 26.1 Å². The van der Waals surface area contributed by atoms with Crippen molar-refractivity contribution in [3.63, 3.8) is 0 Å². The average Bonchev–Trinajstić information content (AvgIpc) is 2.44. The van der Waals surface area contributed by atoms with Crippen LogP contribution in [-0.4, -0.2) is 37.8 Å². The van der Waals surface area contributed by atoms with Crippen LogP contribution in [0, 0.1) is 11.8 Å². The molecule has 2 unspecified atom stereocenters. The van der Waals surface area contributed by atoms with Gasteiger partial charge in [-0.25, -0.2) is 4.79 Å². The van der Waals surface area contributed by atoms with Crippen LogP contribution < -0.4 is 0 Å². The number of hydroxylamine groups is 2. The van der Waals surface area contributed by atoms with E-state index in [1.54, 1.807) is 24.3 Å². The molecule has 0 radical (unpaired) electrons. The molecule has 2 atom stereocenters. The van der Waals surface area contributed by atoms with Gasteiger partial charge in [0.05, 0.1) is 12.2 Å². The third kappa shape index (κ3) is 3.78. The van der Waals surface area contributed by atoms with Gasteiger partial charge in [0.2, 0.25) is 0 Å². The molecular weight excluding hydrogens is 242 g/mol. The van der Waals surface area contributed by atoms with Crippen molar-refractivity contribution in [2.45, 2.75) is 13.3 Å². The molecule has 0 aliphatic carbocycles. The van der Waals surface area contributed by atoms with Crippen molar-refractivity contribution in [2.24, 2.45) is 11.8 Å². The molecular formula is C15H21NO3. The van der Waals surface area contributed by atoms with Crippen molar-refractivity contribution in [3.05, 3.63) is 35.9 Å². The van der Waals surface area contributed by atoms with Crippen molar-refractivity contribution >= 4 is 5.97 Å². The van der Waals surface area contributed by atoms with Gasteiger partial charge in [-0.2, -0.15) is 0 Å². The molecule has 0 spiro atoms. The van der Waals surface area contributed by atoms with Crippen LogP contribution in [0.2, 0.25) is 0 Å². The van der Waals surface area contributed by atoms with E-state index in [1.807, 2.05) is 18.2 Å². The molecule has 1 aliphatic rings.